The molecule has 3 rings (SSSR count). The van der Waals surface area contributed by atoms with Gasteiger partial charge in [-0.25, -0.2) is 4.68 Å². The Labute approximate surface area is 126 Å². The molecule has 0 saturated carbocycles. The van der Waals surface area contributed by atoms with Gasteiger partial charge in [0.1, 0.15) is 5.75 Å². The lowest BCUT2D eigenvalue weighted by Gasteiger charge is -2.03. The third kappa shape index (κ3) is 2.54. The van der Waals surface area contributed by atoms with Crippen molar-refractivity contribution < 1.29 is 9.66 Å². The third-order valence-corrected chi connectivity index (χ3v) is 3.33. The lowest BCUT2D eigenvalue weighted by Crippen LogP contribution is -1.94. The van der Waals surface area contributed by atoms with Gasteiger partial charge in [0.25, 0.3) is 5.69 Å². The molecule has 0 spiro atoms. The number of hydrogen-bond acceptors (Lipinski definition) is 4. The summed E-state index contributed by atoms with van der Waals surface area (Å²) in [4.78, 5) is 10.7. The second kappa shape index (κ2) is 5.69. The number of hydrogen-bond donors (Lipinski definition) is 0. The van der Waals surface area contributed by atoms with Gasteiger partial charge in [-0.2, -0.15) is 5.10 Å². The van der Waals surface area contributed by atoms with Gasteiger partial charge in [0.05, 0.1) is 29.5 Å². The second-order valence-electron chi connectivity index (χ2n) is 4.65. The van der Waals surface area contributed by atoms with Gasteiger partial charge in [0.2, 0.25) is 0 Å². The lowest BCUT2D eigenvalue weighted by molar-refractivity contribution is -0.384. The standard InChI is InChI=1S/C16H13N3O3/c1-22-14-8-6-13(7-9-14)18-11-12(10-17-18)15-4-2-3-5-16(15)19(20)21/h2-11H,1H3. The summed E-state index contributed by atoms with van der Waals surface area (Å²) in [7, 11) is 1.61. The molecule has 0 radical (unpaired) electrons. The number of benzene rings is 2. The van der Waals surface area contributed by atoms with Gasteiger partial charge in [-0.3, -0.25) is 10.1 Å². The Morgan fingerprint density at radius 1 is 1.14 bits per heavy atom. The molecule has 1 heterocycles. The van der Waals surface area contributed by atoms with Crippen LogP contribution in [0.1, 0.15) is 0 Å². The number of nitrogens with zero attached hydrogens (tertiary/aromatic N) is 3. The fourth-order valence-corrected chi connectivity index (χ4v) is 2.22. The lowest BCUT2D eigenvalue weighted by atomic mass is 10.1. The van der Waals surface area contributed by atoms with Crippen LogP contribution in [0.15, 0.2) is 60.9 Å². The molecule has 22 heavy (non-hydrogen) atoms. The molecule has 3 aromatic rings. The predicted octanol–water partition coefficient (Wildman–Crippen LogP) is 3.46. The van der Waals surface area contributed by atoms with Crippen molar-refractivity contribution >= 4 is 5.69 Å². The Kier molecular flexibility index (Phi) is 3.57. The van der Waals surface area contributed by atoms with Crippen LogP contribution in [0.25, 0.3) is 16.8 Å². The molecule has 1 aromatic heterocycles. The average Bonchev–Trinajstić information content (AvgIpc) is 3.04. The van der Waals surface area contributed by atoms with E-state index < -0.39 is 0 Å². The van der Waals surface area contributed by atoms with Crippen LogP contribution in [0.4, 0.5) is 5.69 Å². The maximum Gasteiger partial charge on any atom is 0.277 e. The first-order valence-electron chi connectivity index (χ1n) is 6.62. The monoisotopic (exact) mass is 295 g/mol. The van der Waals surface area contributed by atoms with E-state index in [2.05, 4.69) is 5.10 Å². The zero-order valence-electron chi connectivity index (χ0n) is 11.8. The van der Waals surface area contributed by atoms with E-state index in [0.29, 0.717) is 11.1 Å². The molecule has 0 saturated heterocycles. The normalized spacial score (nSPS) is 10.4. The molecule has 0 unspecified atom stereocenters. The van der Waals surface area contributed by atoms with E-state index in [9.17, 15) is 10.1 Å². The summed E-state index contributed by atoms with van der Waals surface area (Å²) in [6, 6.07) is 14.0. The van der Waals surface area contributed by atoms with Gasteiger partial charge >= 0.3 is 0 Å². The number of aromatic nitrogens is 2. The molecule has 6 nitrogen and oxygen atoms in total. The SMILES string of the molecule is COc1ccc(-n2cc(-c3ccccc3[N+](=O)[O-])cn2)cc1. The topological polar surface area (TPSA) is 70.2 Å². The number of nitro benzene ring substituents is 1. The third-order valence-electron chi connectivity index (χ3n) is 3.33. The largest absolute Gasteiger partial charge is 0.497 e. The van der Waals surface area contributed by atoms with Crippen molar-refractivity contribution in [2.75, 3.05) is 7.11 Å². The maximum atomic E-state index is 11.1. The Morgan fingerprint density at radius 2 is 1.86 bits per heavy atom. The fourth-order valence-electron chi connectivity index (χ4n) is 2.22. The zero-order chi connectivity index (χ0) is 15.5. The quantitative estimate of drug-likeness (QED) is 0.546. The van der Waals surface area contributed by atoms with Gasteiger partial charge in [-0.05, 0) is 30.3 Å². The van der Waals surface area contributed by atoms with Crippen LogP contribution in [-0.2, 0) is 0 Å². The van der Waals surface area contributed by atoms with E-state index in [1.807, 2.05) is 24.3 Å². The van der Waals surface area contributed by atoms with Crippen molar-refractivity contribution in [3.63, 3.8) is 0 Å². The molecule has 6 heteroatoms. The predicted molar refractivity (Wildman–Crippen MR) is 82.2 cm³/mol. The summed E-state index contributed by atoms with van der Waals surface area (Å²) in [6.45, 7) is 0. The number of rotatable bonds is 4. The number of ether oxygens (including phenoxy) is 1. The smallest absolute Gasteiger partial charge is 0.277 e. The van der Waals surface area contributed by atoms with E-state index in [4.69, 9.17) is 4.74 Å². The highest BCUT2D eigenvalue weighted by Gasteiger charge is 2.15. The first-order chi connectivity index (χ1) is 10.7. The summed E-state index contributed by atoms with van der Waals surface area (Å²) in [5.41, 5.74) is 2.16. The van der Waals surface area contributed by atoms with Crippen LogP contribution in [0.3, 0.4) is 0 Å². The highest BCUT2D eigenvalue weighted by Crippen LogP contribution is 2.29. The van der Waals surface area contributed by atoms with Gasteiger partial charge in [-0.1, -0.05) is 12.1 Å². The summed E-state index contributed by atoms with van der Waals surface area (Å²) in [6.07, 6.45) is 3.39. The van der Waals surface area contributed by atoms with E-state index in [1.54, 1.807) is 42.4 Å². The first-order valence-corrected chi connectivity index (χ1v) is 6.62. The van der Waals surface area contributed by atoms with E-state index >= 15 is 0 Å². The summed E-state index contributed by atoms with van der Waals surface area (Å²) >= 11 is 0. The molecule has 2 aromatic carbocycles. The Bertz CT molecular complexity index is 810. The number of para-hydroxylation sites is 1. The Hall–Kier alpha value is -3.15. The molecular formula is C16H13N3O3. The van der Waals surface area contributed by atoms with E-state index in [0.717, 1.165) is 11.4 Å². The Morgan fingerprint density at radius 3 is 2.55 bits per heavy atom. The molecule has 0 amide bonds. The molecule has 0 aliphatic heterocycles. The molecule has 0 aliphatic carbocycles. The van der Waals surface area contributed by atoms with Crippen molar-refractivity contribution in [2.24, 2.45) is 0 Å². The van der Waals surface area contributed by atoms with Crippen molar-refractivity contribution in [1.82, 2.24) is 9.78 Å². The van der Waals surface area contributed by atoms with Crippen molar-refractivity contribution in [1.29, 1.82) is 0 Å². The van der Waals surface area contributed by atoms with Gasteiger partial charge < -0.3 is 4.74 Å². The van der Waals surface area contributed by atoms with Crippen LogP contribution in [-0.4, -0.2) is 21.8 Å². The molecule has 0 N–H and O–H groups in total. The second-order valence-corrected chi connectivity index (χ2v) is 4.65. The zero-order valence-corrected chi connectivity index (χ0v) is 11.8. The minimum atomic E-state index is -0.389. The Balaban J connectivity index is 1.98. The minimum Gasteiger partial charge on any atom is -0.497 e. The first kappa shape index (κ1) is 13.8. The van der Waals surface area contributed by atoms with Gasteiger partial charge in [-0.15, -0.1) is 0 Å². The van der Waals surface area contributed by atoms with Gasteiger partial charge in [0.15, 0.2) is 0 Å². The molecular weight excluding hydrogens is 282 g/mol. The van der Waals surface area contributed by atoms with Crippen molar-refractivity contribution in [2.45, 2.75) is 0 Å². The summed E-state index contributed by atoms with van der Waals surface area (Å²) < 4.78 is 6.79. The van der Waals surface area contributed by atoms with Crippen LogP contribution in [0.2, 0.25) is 0 Å². The van der Waals surface area contributed by atoms with Crippen molar-refractivity contribution in [3.05, 3.63) is 71.0 Å². The van der Waals surface area contributed by atoms with Crippen LogP contribution in [0.5, 0.6) is 5.75 Å². The molecule has 0 aliphatic rings. The maximum absolute atomic E-state index is 11.1. The molecule has 0 atom stereocenters. The number of nitro groups is 1. The fraction of sp³-hybridized carbons (Fsp3) is 0.0625. The van der Waals surface area contributed by atoms with Crippen LogP contribution >= 0.6 is 0 Å². The number of methoxy groups -OCH3 is 1. The highest BCUT2D eigenvalue weighted by molar-refractivity contribution is 5.72. The molecule has 0 bridgehead atoms. The van der Waals surface area contributed by atoms with Crippen molar-refractivity contribution in [3.8, 4) is 22.6 Å². The summed E-state index contributed by atoms with van der Waals surface area (Å²) in [5, 5.41) is 15.4. The summed E-state index contributed by atoms with van der Waals surface area (Å²) in [5.74, 6) is 0.759. The highest BCUT2D eigenvalue weighted by atomic mass is 16.6. The molecule has 0 fully saturated rings. The average molecular weight is 295 g/mol. The van der Waals surface area contributed by atoms with E-state index in [-0.39, 0.29) is 10.6 Å². The van der Waals surface area contributed by atoms with Crippen LogP contribution < -0.4 is 4.74 Å². The minimum absolute atomic E-state index is 0.0665. The van der Waals surface area contributed by atoms with Gasteiger partial charge in [0, 0.05) is 17.8 Å². The van der Waals surface area contributed by atoms with Crippen LogP contribution in [0, 0.1) is 10.1 Å². The van der Waals surface area contributed by atoms with E-state index in [1.165, 1.54) is 6.07 Å². The molecule has 110 valence electrons.